The number of nitrogens with zero attached hydrogens (tertiary/aromatic N) is 2. The minimum absolute atomic E-state index is 0.103. The van der Waals surface area contributed by atoms with Gasteiger partial charge in [-0.05, 0) is 32.3 Å². The third-order valence-corrected chi connectivity index (χ3v) is 3.77. The molecular weight excluding hydrogens is 268 g/mol. The smallest absolute Gasteiger partial charge is 0.270 e. The first-order valence-corrected chi connectivity index (χ1v) is 6.63. The van der Waals surface area contributed by atoms with E-state index in [1.54, 1.807) is 4.90 Å². The van der Waals surface area contributed by atoms with Gasteiger partial charge < -0.3 is 4.90 Å². The van der Waals surface area contributed by atoms with Gasteiger partial charge in [-0.15, -0.1) is 0 Å². The molecule has 1 aromatic carbocycles. The van der Waals surface area contributed by atoms with E-state index in [2.05, 4.69) is 0 Å². The van der Waals surface area contributed by atoms with Crippen molar-refractivity contribution in [2.75, 3.05) is 6.54 Å². The van der Waals surface area contributed by atoms with Crippen LogP contribution in [-0.4, -0.2) is 28.3 Å². The van der Waals surface area contributed by atoms with Crippen LogP contribution >= 0.6 is 11.6 Å². The summed E-state index contributed by atoms with van der Waals surface area (Å²) in [4.78, 5) is 24.3. The molecule has 1 aromatic rings. The monoisotopic (exact) mass is 282 g/mol. The summed E-state index contributed by atoms with van der Waals surface area (Å²) in [5.41, 5.74) is 0.231. The third kappa shape index (κ3) is 2.87. The van der Waals surface area contributed by atoms with E-state index in [0.29, 0.717) is 12.1 Å². The first-order valence-electron chi connectivity index (χ1n) is 6.25. The van der Waals surface area contributed by atoms with Crippen molar-refractivity contribution < 1.29 is 9.72 Å². The molecule has 0 radical (unpaired) electrons. The highest BCUT2D eigenvalue weighted by molar-refractivity contribution is 6.34. The zero-order valence-corrected chi connectivity index (χ0v) is 11.4. The number of hydrogen-bond acceptors (Lipinski definition) is 3. The van der Waals surface area contributed by atoms with E-state index in [0.717, 1.165) is 19.3 Å². The minimum Gasteiger partial charge on any atom is -0.336 e. The molecule has 1 amide bonds. The Kier molecular flexibility index (Phi) is 4.04. The highest BCUT2D eigenvalue weighted by Crippen LogP contribution is 2.26. The van der Waals surface area contributed by atoms with Crippen LogP contribution in [-0.2, 0) is 0 Å². The summed E-state index contributed by atoms with van der Waals surface area (Å²) in [6, 6.07) is 4.16. The average Bonchev–Trinajstić information content (AvgIpc) is 2.38. The second-order valence-electron chi connectivity index (χ2n) is 4.76. The number of non-ortho nitro benzene ring substituents is 1. The molecule has 102 valence electrons. The maximum absolute atomic E-state index is 12.4. The van der Waals surface area contributed by atoms with Gasteiger partial charge in [-0.3, -0.25) is 14.9 Å². The summed E-state index contributed by atoms with van der Waals surface area (Å²) >= 11 is 5.98. The van der Waals surface area contributed by atoms with Gasteiger partial charge in [-0.1, -0.05) is 11.6 Å². The Balaban J connectivity index is 2.26. The van der Waals surface area contributed by atoms with Crippen molar-refractivity contribution in [3.63, 3.8) is 0 Å². The SMILES string of the molecule is C[C@@H]1CCCCN1C(=O)c1ccc([N+](=O)[O-])cc1Cl. The highest BCUT2D eigenvalue weighted by Gasteiger charge is 2.26. The van der Waals surface area contributed by atoms with Crippen LogP contribution < -0.4 is 0 Å². The predicted molar refractivity (Wildman–Crippen MR) is 72.5 cm³/mol. The van der Waals surface area contributed by atoms with Crippen molar-refractivity contribution in [2.24, 2.45) is 0 Å². The molecule has 1 fully saturated rings. The maximum atomic E-state index is 12.4. The van der Waals surface area contributed by atoms with Crippen molar-refractivity contribution in [1.82, 2.24) is 4.90 Å². The van der Waals surface area contributed by atoms with E-state index in [1.165, 1.54) is 18.2 Å². The molecule has 6 heteroatoms. The zero-order chi connectivity index (χ0) is 14.0. The lowest BCUT2D eigenvalue weighted by molar-refractivity contribution is -0.384. The number of carbonyl (C=O) groups is 1. The number of likely N-dealkylation sites (tertiary alicyclic amines) is 1. The summed E-state index contributed by atoms with van der Waals surface area (Å²) in [7, 11) is 0. The summed E-state index contributed by atoms with van der Waals surface area (Å²) in [6.45, 7) is 2.73. The molecule has 0 spiro atoms. The second-order valence-corrected chi connectivity index (χ2v) is 5.17. The Bertz CT molecular complexity index is 519. The van der Waals surface area contributed by atoms with Crippen molar-refractivity contribution in [1.29, 1.82) is 0 Å². The van der Waals surface area contributed by atoms with E-state index >= 15 is 0 Å². The van der Waals surface area contributed by atoms with Crippen molar-refractivity contribution in [3.8, 4) is 0 Å². The molecule has 2 rings (SSSR count). The molecule has 1 saturated heterocycles. The molecule has 0 saturated carbocycles. The number of nitro groups is 1. The molecule has 0 aliphatic carbocycles. The highest BCUT2D eigenvalue weighted by atomic mass is 35.5. The lowest BCUT2D eigenvalue weighted by Crippen LogP contribution is -2.42. The number of halogens is 1. The Morgan fingerprint density at radius 2 is 2.21 bits per heavy atom. The molecule has 1 aliphatic rings. The maximum Gasteiger partial charge on any atom is 0.270 e. The first-order chi connectivity index (χ1) is 9.00. The number of piperidine rings is 1. The Morgan fingerprint density at radius 3 is 2.79 bits per heavy atom. The average molecular weight is 283 g/mol. The molecule has 5 nitrogen and oxygen atoms in total. The fraction of sp³-hybridized carbons (Fsp3) is 0.462. The topological polar surface area (TPSA) is 63.5 Å². The summed E-state index contributed by atoms with van der Waals surface area (Å²) in [5.74, 6) is -0.146. The zero-order valence-electron chi connectivity index (χ0n) is 10.6. The van der Waals surface area contributed by atoms with E-state index in [4.69, 9.17) is 11.6 Å². The van der Waals surface area contributed by atoms with Gasteiger partial charge >= 0.3 is 0 Å². The van der Waals surface area contributed by atoms with Crippen LogP contribution in [0.3, 0.4) is 0 Å². The van der Waals surface area contributed by atoms with Gasteiger partial charge in [-0.25, -0.2) is 0 Å². The van der Waals surface area contributed by atoms with Gasteiger partial charge in [-0.2, -0.15) is 0 Å². The van der Waals surface area contributed by atoms with Gasteiger partial charge in [0.05, 0.1) is 15.5 Å². The van der Waals surface area contributed by atoms with Crippen LogP contribution in [0.5, 0.6) is 0 Å². The largest absolute Gasteiger partial charge is 0.336 e. The van der Waals surface area contributed by atoms with E-state index in [1.807, 2.05) is 6.92 Å². The van der Waals surface area contributed by atoms with E-state index < -0.39 is 4.92 Å². The number of carbonyl (C=O) groups excluding carboxylic acids is 1. The van der Waals surface area contributed by atoms with Gasteiger partial charge in [0.1, 0.15) is 0 Å². The van der Waals surface area contributed by atoms with Crippen LogP contribution in [0.15, 0.2) is 18.2 Å². The van der Waals surface area contributed by atoms with Gasteiger partial charge in [0, 0.05) is 24.7 Å². The summed E-state index contributed by atoms with van der Waals surface area (Å²) in [6.07, 6.45) is 3.09. The molecule has 19 heavy (non-hydrogen) atoms. The Hall–Kier alpha value is -1.62. The molecule has 0 unspecified atom stereocenters. The molecule has 1 aliphatic heterocycles. The number of hydrogen-bond donors (Lipinski definition) is 0. The lowest BCUT2D eigenvalue weighted by atomic mass is 10.0. The normalized spacial score (nSPS) is 19.3. The Morgan fingerprint density at radius 1 is 1.47 bits per heavy atom. The van der Waals surface area contributed by atoms with Crippen LogP contribution in [0.1, 0.15) is 36.5 Å². The number of rotatable bonds is 2. The minimum atomic E-state index is -0.524. The standard InChI is InChI=1S/C13H15ClN2O3/c1-9-4-2-3-7-15(9)13(17)11-6-5-10(16(18)19)8-12(11)14/h5-6,8-9H,2-4,7H2,1H3/t9-/m1/s1. The summed E-state index contributed by atoms with van der Waals surface area (Å²) in [5, 5.41) is 10.8. The second kappa shape index (κ2) is 5.57. The predicted octanol–water partition coefficient (Wildman–Crippen LogP) is 3.26. The molecule has 0 aromatic heterocycles. The summed E-state index contributed by atoms with van der Waals surface area (Å²) < 4.78 is 0. The fourth-order valence-electron chi connectivity index (χ4n) is 2.35. The van der Waals surface area contributed by atoms with Crippen LogP contribution in [0.2, 0.25) is 5.02 Å². The molecule has 1 atom stereocenters. The van der Waals surface area contributed by atoms with Gasteiger partial charge in [0.25, 0.3) is 11.6 Å². The Labute approximate surface area is 116 Å². The third-order valence-electron chi connectivity index (χ3n) is 3.46. The van der Waals surface area contributed by atoms with Crippen molar-refractivity contribution in [3.05, 3.63) is 38.9 Å². The fourth-order valence-corrected chi connectivity index (χ4v) is 2.60. The van der Waals surface area contributed by atoms with Crippen LogP contribution in [0.4, 0.5) is 5.69 Å². The van der Waals surface area contributed by atoms with Crippen molar-refractivity contribution >= 4 is 23.2 Å². The van der Waals surface area contributed by atoms with Crippen LogP contribution in [0, 0.1) is 10.1 Å². The molecular formula is C13H15ClN2O3. The van der Waals surface area contributed by atoms with Crippen LogP contribution in [0.25, 0.3) is 0 Å². The quantitative estimate of drug-likeness (QED) is 0.618. The van der Waals surface area contributed by atoms with Gasteiger partial charge in [0.15, 0.2) is 0 Å². The molecule has 0 bridgehead atoms. The molecule has 1 heterocycles. The van der Waals surface area contributed by atoms with Crippen molar-refractivity contribution in [2.45, 2.75) is 32.2 Å². The van der Waals surface area contributed by atoms with Gasteiger partial charge in [0.2, 0.25) is 0 Å². The van der Waals surface area contributed by atoms with E-state index in [9.17, 15) is 14.9 Å². The molecule has 0 N–H and O–H groups in total. The number of benzene rings is 1. The lowest BCUT2D eigenvalue weighted by Gasteiger charge is -2.33. The number of nitro benzene ring substituents is 1. The number of amides is 1. The van der Waals surface area contributed by atoms with E-state index in [-0.39, 0.29) is 22.7 Å². The first kappa shape index (κ1) is 13.8.